The molecule has 0 spiro atoms. The third kappa shape index (κ3) is 3.58. The van der Waals surface area contributed by atoms with E-state index in [-0.39, 0.29) is 11.8 Å². The maximum atomic E-state index is 13.5. The zero-order valence-corrected chi connectivity index (χ0v) is 18.5. The Labute approximate surface area is 187 Å². The third-order valence-electron chi connectivity index (χ3n) is 5.91. The molecule has 0 radical (unpaired) electrons. The highest BCUT2D eigenvalue weighted by atomic mass is 16.2. The molecule has 0 saturated carbocycles. The molecule has 5 rings (SSSR count). The van der Waals surface area contributed by atoms with E-state index in [1.807, 2.05) is 80.3 Å². The van der Waals surface area contributed by atoms with E-state index in [4.69, 9.17) is 5.10 Å². The lowest BCUT2D eigenvalue weighted by Gasteiger charge is -2.33. The van der Waals surface area contributed by atoms with Crippen molar-refractivity contribution >= 4 is 11.7 Å². The van der Waals surface area contributed by atoms with Gasteiger partial charge in [0, 0.05) is 29.3 Å². The van der Waals surface area contributed by atoms with Crippen LogP contribution in [0.1, 0.15) is 46.1 Å². The van der Waals surface area contributed by atoms with Gasteiger partial charge in [0.2, 0.25) is 5.91 Å². The minimum absolute atomic E-state index is 0.0506. The Morgan fingerprint density at radius 1 is 0.906 bits per heavy atom. The minimum atomic E-state index is -0.0506. The van der Waals surface area contributed by atoms with Crippen LogP contribution in [-0.4, -0.2) is 25.7 Å². The number of aryl methyl sites for hydroxylation is 3. The quantitative estimate of drug-likeness (QED) is 0.479. The first-order valence-electron chi connectivity index (χ1n) is 10.8. The van der Waals surface area contributed by atoms with Gasteiger partial charge in [0.25, 0.3) is 5.95 Å². The number of carbonyl (C=O) groups excluding carboxylic acids is 1. The van der Waals surface area contributed by atoms with Gasteiger partial charge < -0.3 is 0 Å². The van der Waals surface area contributed by atoms with Gasteiger partial charge in [0.15, 0.2) is 0 Å². The van der Waals surface area contributed by atoms with Gasteiger partial charge in [-0.1, -0.05) is 60.7 Å². The van der Waals surface area contributed by atoms with Crippen LogP contribution in [0.15, 0.2) is 66.7 Å². The number of rotatable bonds is 4. The summed E-state index contributed by atoms with van der Waals surface area (Å²) >= 11 is 0. The molecular formula is C26H25N5O. The Hall–Kier alpha value is -3.80. The van der Waals surface area contributed by atoms with E-state index >= 15 is 0 Å². The zero-order chi connectivity index (χ0) is 22.2. The molecule has 1 amide bonds. The van der Waals surface area contributed by atoms with Crippen molar-refractivity contribution < 1.29 is 4.79 Å². The Kier molecular flexibility index (Phi) is 5.05. The Morgan fingerprint density at radius 3 is 2.19 bits per heavy atom. The number of hydrogen-bond acceptors (Lipinski definition) is 4. The van der Waals surface area contributed by atoms with E-state index < -0.39 is 0 Å². The first-order valence-corrected chi connectivity index (χ1v) is 10.8. The fourth-order valence-electron chi connectivity index (χ4n) is 4.54. The molecule has 2 aromatic heterocycles. The lowest BCUT2D eigenvalue weighted by atomic mass is 9.85. The summed E-state index contributed by atoms with van der Waals surface area (Å²) in [6.45, 7) is 6.37. The molecule has 0 N–H and O–H groups in total. The van der Waals surface area contributed by atoms with Gasteiger partial charge in [-0.25, -0.2) is 9.97 Å². The lowest BCUT2D eigenvalue weighted by Crippen LogP contribution is -2.38. The molecule has 3 heterocycles. The number of carbonyl (C=O) groups is 1. The highest BCUT2D eigenvalue weighted by Gasteiger charge is 2.38. The molecule has 0 bridgehead atoms. The van der Waals surface area contributed by atoms with E-state index in [0.717, 1.165) is 39.6 Å². The molecule has 4 aromatic rings. The fourth-order valence-corrected chi connectivity index (χ4v) is 4.54. The number of hydrogen-bond donors (Lipinski definition) is 0. The monoisotopic (exact) mass is 423 g/mol. The van der Waals surface area contributed by atoms with Crippen molar-refractivity contribution in [3.8, 4) is 5.95 Å². The molecule has 2 aromatic carbocycles. The summed E-state index contributed by atoms with van der Waals surface area (Å²) < 4.78 is 1.75. The average Bonchev–Trinajstić information content (AvgIpc) is 3.13. The number of amides is 1. The predicted molar refractivity (Wildman–Crippen MR) is 124 cm³/mol. The van der Waals surface area contributed by atoms with Gasteiger partial charge in [-0.3, -0.25) is 9.69 Å². The van der Waals surface area contributed by atoms with Crippen molar-refractivity contribution in [2.75, 3.05) is 4.90 Å². The molecule has 6 nitrogen and oxygen atoms in total. The number of aromatic nitrogens is 4. The van der Waals surface area contributed by atoms with E-state index in [1.165, 1.54) is 0 Å². The first-order chi connectivity index (χ1) is 15.5. The molecule has 0 aliphatic carbocycles. The van der Waals surface area contributed by atoms with Crippen molar-refractivity contribution in [2.45, 2.75) is 39.7 Å². The second-order valence-electron chi connectivity index (χ2n) is 8.32. The fraction of sp³-hybridized carbons (Fsp3) is 0.231. The summed E-state index contributed by atoms with van der Waals surface area (Å²) in [6.07, 6.45) is 0.407. The summed E-state index contributed by atoms with van der Waals surface area (Å²) in [5.74, 6) is 1.28. The largest absolute Gasteiger partial charge is 0.292 e. The topological polar surface area (TPSA) is 63.9 Å². The van der Waals surface area contributed by atoms with Gasteiger partial charge in [-0.15, -0.1) is 0 Å². The van der Waals surface area contributed by atoms with Crippen LogP contribution >= 0.6 is 0 Å². The molecule has 0 unspecified atom stereocenters. The average molecular weight is 424 g/mol. The van der Waals surface area contributed by atoms with Gasteiger partial charge in [0.05, 0.1) is 12.2 Å². The van der Waals surface area contributed by atoms with Crippen LogP contribution in [0.5, 0.6) is 0 Å². The molecule has 0 fully saturated rings. The number of nitrogens with zero attached hydrogens (tertiary/aromatic N) is 5. The predicted octanol–water partition coefficient (Wildman–Crippen LogP) is 4.66. The number of benzene rings is 2. The standard InChI is InChI=1S/C26H25N5O/c1-17-14-18(2)28-26(27-17)31-25-24(19(3)29-31)22(21-12-8-5-9-13-21)15-23(32)30(25)16-20-10-6-4-7-11-20/h4-14,22H,15-16H2,1-3H3/t22-/m1/s1. The summed E-state index contributed by atoms with van der Waals surface area (Å²) in [4.78, 5) is 24.6. The minimum Gasteiger partial charge on any atom is -0.292 e. The lowest BCUT2D eigenvalue weighted by molar-refractivity contribution is -0.119. The smallest absolute Gasteiger partial charge is 0.252 e. The Morgan fingerprint density at radius 2 is 1.53 bits per heavy atom. The highest BCUT2D eigenvalue weighted by Crippen LogP contribution is 2.43. The normalized spacial score (nSPS) is 15.7. The van der Waals surface area contributed by atoms with Gasteiger partial charge >= 0.3 is 0 Å². The SMILES string of the molecule is Cc1cc(C)nc(-n2nc(C)c3c2N(Cc2ccccc2)C(=O)C[C@@H]3c2ccccc2)n1. The van der Waals surface area contributed by atoms with Crippen molar-refractivity contribution in [1.29, 1.82) is 0 Å². The summed E-state index contributed by atoms with van der Waals surface area (Å²) in [5.41, 5.74) is 5.87. The van der Waals surface area contributed by atoms with Crippen LogP contribution in [-0.2, 0) is 11.3 Å². The summed E-state index contributed by atoms with van der Waals surface area (Å²) in [5, 5.41) is 4.84. The van der Waals surface area contributed by atoms with E-state index in [9.17, 15) is 4.79 Å². The van der Waals surface area contributed by atoms with Crippen LogP contribution in [0.25, 0.3) is 5.95 Å². The summed E-state index contributed by atoms with van der Waals surface area (Å²) in [7, 11) is 0. The van der Waals surface area contributed by atoms with Gasteiger partial charge in [-0.05, 0) is 38.0 Å². The first kappa shape index (κ1) is 20.1. The number of anilines is 1. The molecule has 1 atom stereocenters. The summed E-state index contributed by atoms with van der Waals surface area (Å²) in [6, 6.07) is 22.2. The van der Waals surface area contributed by atoms with Crippen LogP contribution in [0.4, 0.5) is 5.82 Å². The van der Waals surface area contributed by atoms with Gasteiger partial charge in [0.1, 0.15) is 5.82 Å². The third-order valence-corrected chi connectivity index (χ3v) is 5.91. The molecule has 1 aliphatic heterocycles. The van der Waals surface area contributed by atoms with Crippen molar-refractivity contribution in [3.05, 3.63) is 101 Å². The highest BCUT2D eigenvalue weighted by molar-refractivity contribution is 5.97. The van der Waals surface area contributed by atoms with E-state index in [1.54, 1.807) is 4.68 Å². The van der Waals surface area contributed by atoms with Crippen LogP contribution in [0.3, 0.4) is 0 Å². The van der Waals surface area contributed by atoms with E-state index in [0.29, 0.717) is 18.9 Å². The number of fused-ring (bicyclic) bond motifs is 1. The van der Waals surface area contributed by atoms with Crippen LogP contribution in [0, 0.1) is 20.8 Å². The van der Waals surface area contributed by atoms with E-state index in [2.05, 4.69) is 22.1 Å². The maximum Gasteiger partial charge on any atom is 0.252 e. The second-order valence-corrected chi connectivity index (χ2v) is 8.32. The molecule has 160 valence electrons. The molecule has 1 aliphatic rings. The molecule has 6 heteroatoms. The van der Waals surface area contributed by atoms with Gasteiger partial charge in [-0.2, -0.15) is 9.78 Å². The molecular weight excluding hydrogens is 398 g/mol. The Balaban J connectivity index is 1.72. The van der Waals surface area contributed by atoms with Crippen LogP contribution < -0.4 is 4.90 Å². The molecule has 32 heavy (non-hydrogen) atoms. The van der Waals surface area contributed by atoms with Crippen molar-refractivity contribution in [3.63, 3.8) is 0 Å². The second kappa shape index (κ2) is 8.04. The van der Waals surface area contributed by atoms with Crippen molar-refractivity contribution in [2.24, 2.45) is 0 Å². The van der Waals surface area contributed by atoms with Crippen LogP contribution in [0.2, 0.25) is 0 Å². The molecule has 0 saturated heterocycles. The zero-order valence-electron chi connectivity index (χ0n) is 18.5. The van der Waals surface area contributed by atoms with Crippen molar-refractivity contribution in [1.82, 2.24) is 19.7 Å². The maximum absolute atomic E-state index is 13.5. The Bertz CT molecular complexity index is 1260.